The summed E-state index contributed by atoms with van der Waals surface area (Å²) in [6.45, 7) is 1.38. The zero-order valence-corrected chi connectivity index (χ0v) is 20.2. The Morgan fingerprint density at radius 2 is 1.42 bits per heavy atom. The molecule has 9 heteroatoms. The van der Waals surface area contributed by atoms with Gasteiger partial charge < -0.3 is 21.0 Å². The summed E-state index contributed by atoms with van der Waals surface area (Å²) in [6, 6.07) is 29.9. The number of hydrogen-bond acceptors (Lipinski definition) is 7. The number of oxime groups is 1. The summed E-state index contributed by atoms with van der Waals surface area (Å²) < 4.78 is 0. The number of benzene rings is 3. The lowest BCUT2D eigenvalue weighted by molar-refractivity contribution is -0.131. The zero-order chi connectivity index (χ0) is 25.5. The van der Waals surface area contributed by atoms with E-state index in [2.05, 4.69) is 15.5 Å². The lowest BCUT2D eigenvalue weighted by Crippen LogP contribution is -2.38. The number of anilines is 1. The van der Waals surface area contributed by atoms with Crippen molar-refractivity contribution in [2.24, 2.45) is 10.9 Å². The number of aliphatic carboxylic acids is 1. The molecule has 182 valence electrons. The fraction of sp³-hybridized carbons (Fsp3) is 0.111. The Kier molecular flexibility index (Phi) is 7.41. The van der Waals surface area contributed by atoms with Gasteiger partial charge in [0.2, 0.25) is 11.8 Å². The smallest absolute Gasteiger partial charge is 0.360 e. The van der Waals surface area contributed by atoms with Crippen LogP contribution >= 0.6 is 11.3 Å². The number of carbonyl (C=O) groups is 2. The number of rotatable bonds is 10. The number of nitrogens with two attached hydrogens (primary N) is 1. The van der Waals surface area contributed by atoms with Gasteiger partial charge in [0.15, 0.2) is 5.13 Å². The second kappa shape index (κ2) is 10.8. The van der Waals surface area contributed by atoms with E-state index >= 15 is 0 Å². The van der Waals surface area contributed by atoms with Crippen molar-refractivity contribution in [2.75, 3.05) is 5.32 Å². The second-order valence-corrected chi connectivity index (χ2v) is 8.76. The van der Waals surface area contributed by atoms with Gasteiger partial charge in [-0.15, -0.1) is 11.3 Å². The number of carbonyl (C=O) groups excluding carboxylic acids is 1. The molecule has 4 aromatic rings. The van der Waals surface area contributed by atoms with Gasteiger partial charge in [-0.1, -0.05) is 96.2 Å². The van der Waals surface area contributed by atoms with Crippen molar-refractivity contribution in [2.45, 2.75) is 18.6 Å². The first kappa shape index (κ1) is 24.6. The Labute approximate surface area is 212 Å². The largest absolute Gasteiger partial charge is 0.476 e. The van der Waals surface area contributed by atoms with Crippen LogP contribution in [0.4, 0.5) is 5.13 Å². The second-order valence-electron chi connectivity index (χ2n) is 7.91. The number of carboxylic acid groups (broad SMARTS) is 1. The standard InChI is InChI=1S/C27H24N4O4S/c1-18(24(28)32)35-31-23(25(33)34)22-17-36-26(29-22)30-27(19-11-5-2-6-12-19,20-13-7-3-8-14-20)21-15-9-4-10-16-21/h2-18H,1H3,(H2,28,32)(H,29,30)(H,33,34)/t18-/m0/s1. The molecule has 1 heterocycles. The number of amides is 1. The van der Waals surface area contributed by atoms with E-state index in [1.165, 1.54) is 18.3 Å². The Balaban J connectivity index is 1.82. The molecule has 3 aromatic carbocycles. The molecule has 0 aliphatic heterocycles. The molecule has 0 saturated carbocycles. The van der Waals surface area contributed by atoms with Crippen molar-refractivity contribution in [3.63, 3.8) is 0 Å². The fourth-order valence-corrected chi connectivity index (χ4v) is 4.51. The van der Waals surface area contributed by atoms with Gasteiger partial charge in [-0.2, -0.15) is 0 Å². The summed E-state index contributed by atoms with van der Waals surface area (Å²) >= 11 is 1.23. The molecule has 0 fully saturated rings. The van der Waals surface area contributed by atoms with Gasteiger partial charge >= 0.3 is 5.97 Å². The van der Waals surface area contributed by atoms with E-state index < -0.39 is 29.2 Å². The average Bonchev–Trinajstić information content (AvgIpc) is 3.36. The van der Waals surface area contributed by atoms with Gasteiger partial charge in [0.25, 0.3) is 5.91 Å². The highest BCUT2D eigenvalue weighted by Crippen LogP contribution is 2.40. The number of nitrogens with zero attached hydrogens (tertiary/aromatic N) is 2. The number of carboxylic acids is 1. The minimum Gasteiger partial charge on any atom is -0.476 e. The van der Waals surface area contributed by atoms with Gasteiger partial charge in [0, 0.05) is 5.38 Å². The molecule has 8 nitrogen and oxygen atoms in total. The van der Waals surface area contributed by atoms with E-state index in [1.54, 1.807) is 5.38 Å². The number of thiazole rings is 1. The Bertz CT molecular complexity index is 1260. The normalized spacial score (nSPS) is 12.5. The topological polar surface area (TPSA) is 127 Å². The summed E-state index contributed by atoms with van der Waals surface area (Å²) in [6.07, 6.45) is -1.09. The van der Waals surface area contributed by atoms with Crippen molar-refractivity contribution in [3.05, 3.63) is 119 Å². The van der Waals surface area contributed by atoms with Crippen LogP contribution < -0.4 is 11.1 Å². The van der Waals surface area contributed by atoms with Crippen LogP contribution in [0.3, 0.4) is 0 Å². The summed E-state index contributed by atoms with van der Waals surface area (Å²) in [4.78, 5) is 32.6. The van der Waals surface area contributed by atoms with Crippen LogP contribution in [0.1, 0.15) is 29.3 Å². The molecular formula is C27H24N4O4S. The zero-order valence-electron chi connectivity index (χ0n) is 19.4. The summed E-state index contributed by atoms with van der Waals surface area (Å²) in [5.74, 6) is -2.11. The first-order chi connectivity index (χ1) is 17.4. The van der Waals surface area contributed by atoms with Crippen LogP contribution in [0, 0.1) is 0 Å². The molecule has 1 atom stereocenters. The Hall–Kier alpha value is -4.50. The molecule has 1 aromatic heterocycles. The van der Waals surface area contributed by atoms with Crippen molar-refractivity contribution >= 4 is 34.1 Å². The third-order valence-corrected chi connectivity index (χ3v) is 6.32. The Morgan fingerprint density at radius 3 is 1.83 bits per heavy atom. The molecule has 0 aliphatic rings. The molecule has 4 rings (SSSR count). The molecule has 0 aliphatic carbocycles. The Morgan fingerprint density at radius 1 is 0.944 bits per heavy atom. The number of hydrogen-bond donors (Lipinski definition) is 3. The molecule has 0 bridgehead atoms. The highest BCUT2D eigenvalue weighted by molar-refractivity contribution is 7.14. The molecule has 36 heavy (non-hydrogen) atoms. The summed E-state index contributed by atoms with van der Waals surface area (Å²) in [7, 11) is 0. The number of nitrogens with one attached hydrogen (secondary N) is 1. The van der Waals surface area contributed by atoms with Crippen molar-refractivity contribution in [3.8, 4) is 0 Å². The highest BCUT2D eigenvalue weighted by atomic mass is 32.1. The number of primary amides is 1. The highest BCUT2D eigenvalue weighted by Gasteiger charge is 2.37. The van der Waals surface area contributed by atoms with Crippen LogP contribution in [0.2, 0.25) is 0 Å². The van der Waals surface area contributed by atoms with E-state index in [0.717, 1.165) is 16.7 Å². The maximum Gasteiger partial charge on any atom is 0.360 e. The van der Waals surface area contributed by atoms with Crippen LogP contribution in [-0.2, 0) is 20.0 Å². The molecular weight excluding hydrogens is 476 g/mol. The molecule has 0 radical (unpaired) electrons. The third-order valence-electron chi connectivity index (χ3n) is 5.57. The van der Waals surface area contributed by atoms with E-state index in [1.807, 2.05) is 91.0 Å². The van der Waals surface area contributed by atoms with Crippen LogP contribution in [0.25, 0.3) is 0 Å². The van der Waals surface area contributed by atoms with Gasteiger partial charge in [-0.05, 0) is 23.6 Å². The van der Waals surface area contributed by atoms with Crippen molar-refractivity contribution in [1.29, 1.82) is 0 Å². The van der Waals surface area contributed by atoms with E-state index in [4.69, 9.17) is 10.6 Å². The van der Waals surface area contributed by atoms with Crippen molar-refractivity contribution in [1.82, 2.24) is 4.98 Å². The minimum absolute atomic E-state index is 0.0924. The van der Waals surface area contributed by atoms with Gasteiger partial charge in [-0.3, -0.25) is 4.79 Å². The predicted octanol–water partition coefficient (Wildman–Crippen LogP) is 4.23. The maximum absolute atomic E-state index is 11.9. The fourth-order valence-electron chi connectivity index (χ4n) is 3.76. The summed E-state index contributed by atoms with van der Waals surface area (Å²) in [5.41, 5.74) is 6.94. The van der Waals surface area contributed by atoms with Gasteiger partial charge in [-0.25, -0.2) is 9.78 Å². The first-order valence-corrected chi connectivity index (χ1v) is 12.0. The van der Waals surface area contributed by atoms with Crippen LogP contribution in [0.15, 0.2) is 102 Å². The van der Waals surface area contributed by atoms with E-state index in [0.29, 0.717) is 5.13 Å². The maximum atomic E-state index is 11.9. The molecule has 0 saturated heterocycles. The minimum atomic E-state index is -1.34. The molecule has 4 N–H and O–H groups in total. The van der Waals surface area contributed by atoms with Crippen molar-refractivity contribution < 1.29 is 19.5 Å². The van der Waals surface area contributed by atoms with Gasteiger partial charge in [0.05, 0.1) is 0 Å². The lowest BCUT2D eigenvalue weighted by Gasteiger charge is -2.36. The average molecular weight is 501 g/mol. The number of aromatic nitrogens is 1. The molecule has 0 spiro atoms. The molecule has 0 unspecified atom stereocenters. The SMILES string of the molecule is C[C@H](ON=C(C(=O)O)c1csc(NC(c2ccccc2)(c2ccccc2)c2ccccc2)n1)C(N)=O. The summed E-state index contributed by atoms with van der Waals surface area (Å²) in [5, 5.41) is 18.9. The van der Waals surface area contributed by atoms with E-state index in [9.17, 15) is 14.7 Å². The monoisotopic (exact) mass is 500 g/mol. The quantitative estimate of drug-likeness (QED) is 0.170. The lowest BCUT2D eigenvalue weighted by atomic mass is 9.77. The first-order valence-electron chi connectivity index (χ1n) is 11.1. The predicted molar refractivity (Wildman–Crippen MR) is 139 cm³/mol. The third kappa shape index (κ3) is 5.11. The van der Waals surface area contributed by atoms with Crippen LogP contribution in [-0.4, -0.2) is 33.8 Å². The van der Waals surface area contributed by atoms with Gasteiger partial charge in [0.1, 0.15) is 11.2 Å². The molecule has 1 amide bonds. The van der Waals surface area contributed by atoms with Crippen LogP contribution in [0.5, 0.6) is 0 Å². The van der Waals surface area contributed by atoms with E-state index in [-0.39, 0.29) is 5.69 Å².